The molecule has 4 heteroatoms. The van der Waals surface area contributed by atoms with Crippen LogP contribution < -0.4 is 0 Å². The number of nitriles is 1. The van der Waals surface area contributed by atoms with Gasteiger partial charge in [0.15, 0.2) is 0 Å². The minimum absolute atomic E-state index is 0.0683. The van der Waals surface area contributed by atoms with Crippen molar-refractivity contribution in [2.24, 2.45) is 0 Å². The molecule has 12 heavy (non-hydrogen) atoms. The Hall–Kier alpha value is -1.24. The largest absolute Gasteiger partial charge is 0.465 e. The second kappa shape index (κ2) is 3.96. The fourth-order valence-corrected chi connectivity index (χ4v) is 1.57. The normalized spacial score (nSPS) is 23.2. The summed E-state index contributed by atoms with van der Waals surface area (Å²) < 4.78 is 0. The molecule has 0 radical (unpaired) electrons. The van der Waals surface area contributed by atoms with Crippen molar-refractivity contribution in [2.75, 3.05) is 6.54 Å². The van der Waals surface area contributed by atoms with Crippen molar-refractivity contribution in [1.29, 1.82) is 5.26 Å². The maximum Gasteiger partial charge on any atom is 0.407 e. The Labute approximate surface area is 71.4 Å². The van der Waals surface area contributed by atoms with Crippen LogP contribution in [0.5, 0.6) is 0 Å². The molecule has 0 saturated carbocycles. The third-order valence-corrected chi connectivity index (χ3v) is 2.20. The standard InChI is InChI=1S/C8H12N2O2/c9-5-4-7-3-1-2-6-10(7)8(11)12/h7H,1-4,6H2,(H,11,12)/t7-/m0/s1. The van der Waals surface area contributed by atoms with E-state index in [0.29, 0.717) is 13.0 Å². The summed E-state index contributed by atoms with van der Waals surface area (Å²) in [6, 6.07) is 1.95. The Bertz CT molecular complexity index is 210. The molecule has 66 valence electrons. The first-order valence-corrected chi connectivity index (χ1v) is 4.12. The number of carboxylic acid groups (broad SMARTS) is 1. The zero-order valence-corrected chi connectivity index (χ0v) is 6.86. The summed E-state index contributed by atoms with van der Waals surface area (Å²) in [5, 5.41) is 17.2. The van der Waals surface area contributed by atoms with E-state index in [1.165, 1.54) is 4.90 Å². The van der Waals surface area contributed by atoms with Gasteiger partial charge < -0.3 is 10.0 Å². The highest BCUT2D eigenvalue weighted by Gasteiger charge is 2.25. The zero-order valence-electron chi connectivity index (χ0n) is 6.86. The van der Waals surface area contributed by atoms with Crippen LogP contribution in [0.25, 0.3) is 0 Å². The van der Waals surface area contributed by atoms with Gasteiger partial charge in [0.05, 0.1) is 12.5 Å². The first-order chi connectivity index (χ1) is 5.75. The van der Waals surface area contributed by atoms with Crippen LogP contribution in [-0.2, 0) is 0 Å². The van der Waals surface area contributed by atoms with Crippen molar-refractivity contribution < 1.29 is 9.90 Å². The van der Waals surface area contributed by atoms with Gasteiger partial charge in [-0.2, -0.15) is 5.26 Å². The molecule has 4 nitrogen and oxygen atoms in total. The van der Waals surface area contributed by atoms with Gasteiger partial charge in [0.2, 0.25) is 0 Å². The molecule has 1 aliphatic rings. The van der Waals surface area contributed by atoms with Gasteiger partial charge in [-0.1, -0.05) is 0 Å². The van der Waals surface area contributed by atoms with Crippen LogP contribution >= 0.6 is 0 Å². The van der Waals surface area contributed by atoms with E-state index in [9.17, 15) is 4.79 Å². The Balaban J connectivity index is 2.55. The fourth-order valence-electron chi connectivity index (χ4n) is 1.57. The molecular formula is C8H12N2O2. The first-order valence-electron chi connectivity index (χ1n) is 4.12. The van der Waals surface area contributed by atoms with Gasteiger partial charge >= 0.3 is 6.09 Å². The molecule has 1 amide bonds. The van der Waals surface area contributed by atoms with Gasteiger partial charge in [-0.25, -0.2) is 4.79 Å². The molecular weight excluding hydrogens is 156 g/mol. The lowest BCUT2D eigenvalue weighted by Gasteiger charge is -2.31. The second-order valence-corrected chi connectivity index (χ2v) is 2.99. The molecule has 1 saturated heterocycles. The minimum atomic E-state index is -0.894. The Morgan fingerprint density at radius 2 is 2.42 bits per heavy atom. The van der Waals surface area contributed by atoms with Crippen molar-refractivity contribution >= 4 is 6.09 Å². The summed E-state index contributed by atoms with van der Waals surface area (Å²) >= 11 is 0. The maximum absolute atomic E-state index is 10.7. The summed E-state index contributed by atoms with van der Waals surface area (Å²) in [4.78, 5) is 12.0. The van der Waals surface area contributed by atoms with Gasteiger partial charge in [-0.05, 0) is 19.3 Å². The first kappa shape index (κ1) is 8.85. The lowest BCUT2D eigenvalue weighted by atomic mass is 10.0. The Kier molecular flexibility index (Phi) is 2.92. The zero-order chi connectivity index (χ0) is 8.97. The number of rotatable bonds is 1. The number of likely N-dealkylation sites (tertiary alicyclic amines) is 1. The topological polar surface area (TPSA) is 64.3 Å². The van der Waals surface area contributed by atoms with Crippen molar-refractivity contribution in [1.82, 2.24) is 4.90 Å². The van der Waals surface area contributed by atoms with Gasteiger partial charge in [-0.15, -0.1) is 0 Å². The van der Waals surface area contributed by atoms with E-state index in [4.69, 9.17) is 10.4 Å². The molecule has 1 aliphatic heterocycles. The lowest BCUT2D eigenvalue weighted by Crippen LogP contribution is -2.42. The van der Waals surface area contributed by atoms with Gasteiger partial charge in [0.25, 0.3) is 0 Å². The van der Waals surface area contributed by atoms with Crippen molar-refractivity contribution in [2.45, 2.75) is 31.7 Å². The van der Waals surface area contributed by atoms with E-state index in [-0.39, 0.29) is 6.04 Å². The maximum atomic E-state index is 10.7. The summed E-state index contributed by atoms with van der Waals surface area (Å²) in [7, 11) is 0. The van der Waals surface area contributed by atoms with E-state index in [1.54, 1.807) is 0 Å². The quantitative estimate of drug-likeness (QED) is 0.644. The lowest BCUT2D eigenvalue weighted by molar-refractivity contribution is 0.108. The summed E-state index contributed by atoms with van der Waals surface area (Å²) in [5.74, 6) is 0. The molecule has 1 atom stereocenters. The average Bonchev–Trinajstić information content (AvgIpc) is 2.05. The molecule has 0 bridgehead atoms. The van der Waals surface area contributed by atoms with Crippen LogP contribution in [-0.4, -0.2) is 28.7 Å². The van der Waals surface area contributed by atoms with Crippen LogP contribution in [0.4, 0.5) is 4.79 Å². The van der Waals surface area contributed by atoms with E-state index >= 15 is 0 Å². The second-order valence-electron chi connectivity index (χ2n) is 2.99. The predicted molar refractivity (Wildman–Crippen MR) is 42.6 cm³/mol. The molecule has 0 aromatic carbocycles. The molecule has 0 aromatic rings. The number of hydrogen-bond acceptors (Lipinski definition) is 2. The molecule has 1 rings (SSSR count). The van der Waals surface area contributed by atoms with E-state index in [1.807, 2.05) is 6.07 Å². The highest BCUT2D eigenvalue weighted by Crippen LogP contribution is 2.18. The predicted octanol–water partition coefficient (Wildman–Crippen LogP) is 1.43. The molecule has 0 unspecified atom stereocenters. The van der Waals surface area contributed by atoms with E-state index < -0.39 is 6.09 Å². The van der Waals surface area contributed by atoms with Crippen LogP contribution in [0.2, 0.25) is 0 Å². The Morgan fingerprint density at radius 1 is 1.67 bits per heavy atom. The van der Waals surface area contributed by atoms with E-state index in [0.717, 1.165) is 19.3 Å². The summed E-state index contributed by atoms with van der Waals surface area (Å²) in [6.45, 7) is 0.585. The molecule has 0 spiro atoms. The van der Waals surface area contributed by atoms with Gasteiger partial charge in [0, 0.05) is 12.6 Å². The van der Waals surface area contributed by atoms with Crippen molar-refractivity contribution in [3.8, 4) is 6.07 Å². The monoisotopic (exact) mass is 168 g/mol. The number of hydrogen-bond donors (Lipinski definition) is 1. The highest BCUT2D eigenvalue weighted by atomic mass is 16.4. The average molecular weight is 168 g/mol. The molecule has 0 aromatic heterocycles. The minimum Gasteiger partial charge on any atom is -0.465 e. The Morgan fingerprint density at radius 3 is 3.00 bits per heavy atom. The number of carbonyl (C=O) groups is 1. The molecule has 1 heterocycles. The molecule has 1 N–H and O–H groups in total. The van der Waals surface area contributed by atoms with E-state index in [2.05, 4.69) is 0 Å². The third kappa shape index (κ3) is 1.88. The molecule has 0 aliphatic carbocycles. The van der Waals surface area contributed by atoms with Crippen LogP contribution in [0.3, 0.4) is 0 Å². The number of nitrogens with zero attached hydrogens (tertiary/aromatic N) is 2. The van der Waals surface area contributed by atoms with Gasteiger partial charge in [0.1, 0.15) is 0 Å². The summed E-state index contributed by atoms with van der Waals surface area (Å²) in [5.41, 5.74) is 0. The van der Waals surface area contributed by atoms with Crippen LogP contribution in [0.1, 0.15) is 25.7 Å². The number of piperidine rings is 1. The highest BCUT2D eigenvalue weighted by molar-refractivity contribution is 5.65. The number of amides is 1. The van der Waals surface area contributed by atoms with Gasteiger partial charge in [-0.3, -0.25) is 0 Å². The van der Waals surface area contributed by atoms with Crippen molar-refractivity contribution in [3.05, 3.63) is 0 Å². The SMILES string of the molecule is N#CC[C@@H]1CCCCN1C(=O)O. The van der Waals surface area contributed by atoms with Crippen LogP contribution in [0.15, 0.2) is 0 Å². The van der Waals surface area contributed by atoms with Crippen molar-refractivity contribution in [3.63, 3.8) is 0 Å². The smallest absolute Gasteiger partial charge is 0.407 e. The summed E-state index contributed by atoms with van der Waals surface area (Å²) in [6.07, 6.45) is 2.23. The molecule has 1 fully saturated rings. The van der Waals surface area contributed by atoms with Crippen LogP contribution in [0, 0.1) is 11.3 Å². The fraction of sp³-hybridized carbons (Fsp3) is 0.750. The third-order valence-electron chi connectivity index (χ3n) is 2.20.